The van der Waals surface area contributed by atoms with Crippen LogP contribution in [0, 0.1) is 0 Å². The van der Waals surface area contributed by atoms with E-state index >= 15 is 0 Å². The molecule has 35 heavy (non-hydrogen) atoms. The normalized spacial score (nSPS) is 14.4. The molecule has 0 amide bonds. The standard InChI is InChI=1S/C24H29ClN6O3S/c1-31(35(3,32)33)21-7-5-4-6-19(21)28-23-18(25)15-27-24(30-23)29-20-9-8-17(14-22(20)34-2)16-10-12-26-13-11-16/h4-9,14-16,26H,10-13H2,1-3H3,(H2,27,28,29,30). The lowest BCUT2D eigenvalue weighted by atomic mass is 9.90. The van der Waals surface area contributed by atoms with E-state index in [0.29, 0.717) is 39.8 Å². The van der Waals surface area contributed by atoms with Crippen LogP contribution in [0.1, 0.15) is 24.3 Å². The van der Waals surface area contributed by atoms with Crippen molar-refractivity contribution >= 4 is 50.5 Å². The second kappa shape index (κ2) is 10.7. The Labute approximate surface area is 210 Å². The van der Waals surface area contributed by atoms with Crippen molar-refractivity contribution in [2.24, 2.45) is 0 Å². The SMILES string of the molecule is COc1cc(C2CCNCC2)ccc1Nc1ncc(Cl)c(Nc2ccccc2N(C)S(C)(=O)=O)n1. The number of rotatable bonds is 8. The van der Waals surface area contributed by atoms with Crippen LogP contribution in [0.5, 0.6) is 5.75 Å². The van der Waals surface area contributed by atoms with E-state index in [-0.39, 0.29) is 0 Å². The maximum Gasteiger partial charge on any atom is 0.232 e. The van der Waals surface area contributed by atoms with E-state index in [0.717, 1.165) is 37.9 Å². The first-order valence-corrected chi connectivity index (χ1v) is 13.5. The maximum absolute atomic E-state index is 12.1. The molecule has 9 nitrogen and oxygen atoms in total. The number of hydrogen-bond donors (Lipinski definition) is 3. The molecule has 0 atom stereocenters. The lowest BCUT2D eigenvalue weighted by Gasteiger charge is -2.24. The molecule has 4 rings (SSSR count). The number of anilines is 5. The summed E-state index contributed by atoms with van der Waals surface area (Å²) in [4.78, 5) is 8.81. The number of halogens is 1. The zero-order chi connectivity index (χ0) is 25.0. The first-order valence-electron chi connectivity index (χ1n) is 11.2. The lowest BCUT2D eigenvalue weighted by molar-refractivity contribution is 0.413. The average molecular weight is 517 g/mol. The molecule has 1 saturated heterocycles. The number of benzene rings is 2. The van der Waals surface area contributed by atoms with E-state index in [9.17, 15) is 8.42 Å². The molecule has 2 heterocycles. The van der Waals surface area contributed by atoms with Gasteiger partial charge in [0.15, 0.2) is 5.82 Å². The Morgan fingerprint density at radius 3 is 2.57 bits per heavy atom. The van der Waals surface area contributed by atoms with Gasteiger partial charge in [-0.3, -0.25) is 4.31 Å². The largest absolute Gasteiger partial charge is 0.495 e. The van der Waals surface area contributed by atoms with Crippen molar-refractivity contribution in [3.63, 3.8) is 0 Å². The third-order valence-electron chi connectivity index (χ3n) is 6.02. The Morgan fingerprint density at radius 2 is 1.86 bits per heavy atom. The van der Waals surface area contributed by atoms with E-state index in [1.807, 2.05) is 6.07 Å². The van der Waals surface area contributed by atoms with Gasteiger partial charge in [-0.05, 0) is 61.7 Å². The molecule has 0 unspecified atom stereocenters. The molecule has 2 aromatic carbocycles. The molecule has 0 radical (unpaired) electrons. The summed E-state index contributed by atoms with van der Waals surface area (Å²) in [6, 6.07) is 13.1. The van der Waals surface area contributed by atoms with E-state index < -0.39 is 10.0 Å². The molecule has 3 aromatic rings. The summed E-state index contributed by atoms with van der Waals surface area (Å²) in [7, 11) is -0.325. The van der Waals surface area contributed by atoms with E-state index in [2.05, 4.69) is 38.1 Å². The predicted octanol–water partition coefficient (Wildman–Crippen LogP) is 4.49. The molecular weight excluding hydrogens is 488 g/mol. The van der Waals surface area contributed by atoms with Gasteiger partial charge in [-0.15, -0.1) is 0 Å². The number of hydrogen-bond acceptors (Lipinski definition) is 8. The molecule has 1 aliphatic heterocycles. The third kappa shape index (κ3) is 5.95. The van der Waals surface area contributed by atoms with Gasteiger partial charge in [0.05, 0.1) is 36.6 Å². The van der Waals surface area contributed by atoms with Crippen LogP contribution < -0.4 is 25.0 Å². The van der Waals surface area contributed by atoms with Gasteiger partial charge in [0.25, 0.3) is 0 Å². The number of methoxy groups -OCH3 is 1. The van der Waals surface area contributed by atoms with Gasteiger partial charge in [0, 0.05) is 7.05 Å². The van der Waals surface area contributed by atoms with Gasteiger partial charge in [-0.2, -0.15) is 4.98 Å². The molecule has 3 N–H and O–H groups in total. The summed E-state index contributed by atoms with van der Waals surface area (Å²) in [5, 5.41) is 10.0. The average Bonchev–Trinajstić information content (AvgIpc) is 2.86. The van der Waals surface area contributed by atoms with Crippen molar-refractivity contribution in [2.45, 2.75) is 18.8 Å². The molecule has 1 aromatic heterocycles. The van der Waals surface area contributed by atoms with Gasteiger partial charge >= 0.3 is 0 Å². The van der Waals surface area contributed by atoms with Crippen molar-refractivity contribution in [1.82, 2.24) is 15.3 Å². The van der Waals surface area contributed by atoms with Crippen LogP contribution in [0.2, 0.25) is 5.02 Å². The quantitative estimate of drug-likeness (QED) is 0.402. The number of nitrogens with one attached hydrogen (secondary N) is 3. The molecule has 0 aliphatic carbocycles. The fourth-order valence-electron chi connectivity index (χ4n) is 4.02. The summed E-state index contributed by atoms with van der Waals surface area (Å²) >= 11 is 6.36. The second-order valence-corrected chi connectivity index (χ2v) is 10.8. The van der Waals surface area contributed by atoms with Crippen molar-refractivity contribution in [2.75, 3.05) is 48.4 Å². The summed E-state index contributed by atoms with van der Waals surface area (Å²) in [6.45, 7) is 2.04. The van der Waals surface area contributed by atoms with E-state index in [1.54, 1.807) is 31.4 Å². The van der Waals surface area contributed by atoms with Gasteiger partial charge in [-0.25, -0.2) is 13.4 Å². The minimum Gasteiger partial charge on any atom is -0.495 e. The van der Waals surface area contributed by atoms with Gasteiger partial charge < -0.3 is 20.7 Å². The number of ether oxygens (including phenoxy) is 1. The minimum atomic E-state index is -3.45. The van der Waals surface area contributed by atoms with Gasteiger partial charge in [0.1, 0.15) is 10.8 Å². The molecule has 11 heteroatoms. The highest BCUT2D eigenvalue weighted by atomic mass is 35.5. The number of piperidine rings is 1. The lowest BCUT2D eigenvalue weighted by Crippen LogP contribution is -2.26. The maximum atomic E-state index is 12.1. The van der Waals surface area contributed by atoms with Crippen LogP contribution in [0.3, 0.4) is 0 Å². The smallest absolute Gasteiger partial charge is 0.232 e. The molecule has 186 valence electrons. The summed E-state index contributed by atoms with van der Waals surface area (Å²) in [6.07, 6.45) is 4.83. The third-order valence-corrected chi connectivity index (χ3v) is 7.49. The Hall–Kier alpha value is -3.08. The number of sulfonamides is 1. The highest BCUT2D eigenvalue weighted by molar-refractivity contribution is 7.92. The van der Waals surface area contributed by atoms with Crippen LogP contribution in [-0.4, -0.2) is 51.9 Å². The van der Waals surface area contributed by atoms with Crippen LogP contribution in [-0.2, 0) is 10.0 Å². The zero-order valence-electron chi connectivity index (χ0n) is 19.9. The van der Waals surface area contributed by atoms with E-state index in [1.165, 1.54) is 23.1 Å². The van der Waals surface area contributed by atoms with E-state index in [4.69, 9.17) is 16.3 Å². The first-order chi connectivity index (χ1) is 16.8. The van der Waals surface area contributed by atoms with Crippen molar-refractivity contribution in [3.05, 3.63) is 59.2 Å². The van der Waals surface area contributed by atoms with Crippen molar-refractivity contribution < 1.29 is 13.2 Å². The Morgan fingerprint density at radius 1 is 1.11 bits per heavy atom. The van der Waals surface area contributed by atoms with Crippen LogP contribution in [0.15, 0.2) is 48.7 Å². The topological polar surface area (TPSA) is 108 Å². The zero-order valence-corrected chi connectivity index (χ0v) is 21.4. The van der Waals surface area contributed by atoms with Crippen LogP contribution in [0.4, 0.5) is 28.8 Å². The Kier molecular flexibility index (Phi) is 7.63. The second-order valence-electron chi connectivity index (χ2n) is 8.37. The molecule has 1 aliphatic rings. The van der Waals surface area contributed by atoms with Crippen molar-refractivity contribution in [3.8, 4) is 5.75 Å². The number of nitrogens with zero attached hydrogens (tertiary/aromatic N) is 3. The highest BCUT2D eigenvalue weighted by Crippen LogP contribution is 2.35. The highest BCUT2D eigenvalue weighted by Gasteiger charge is 2.19. The molecule has 0 bridgehead atoms. The van der Waals surface area contributed by atoms with Crippen LogP contribution >= 0.6 is 11.6 Å². The molecule has 0 saturated carbocycles. The fraction of sp³-hybridized carbons (Fsp3) is 0.333. The monoisotopic (exact) mass is 516 g/mol. The molecule has 0 spiro atoms. The Bertz CT molecular complexity index is 1300. The minimum absolute atomic E-state index is 0.292. The molecule has 1 fully saturated rings. The van der Waals surface area contributed by atoms with Gasteiger partial charge in [-0.1, -0.05) is 29.8 Å². The predicted molar refractivity (Wildman–Crippen MR) is 141 cm³/mol. The van der Waals surface area contributed by atoms with Gasteiger partial charge in [0.2, 0.25) is 16.0 Å². The summed E-state index contributed by atoms with van der Waals surface area (Å²) in [5.74, 6) is 1.86. The summed E-state index contributed by atoms with van der Waals surface area (Å²) in [5.41, 5.74) is 2.99. The number of aromatic nitrogens is 2. The summed E-state index contributed by atoms with van der Waals surface area (Å²) < 4.78 is 31.0. The van der Waals surface area contributed by atoms with Crippen LogP contribution in [0.25, 0.3) is 0 Å². The Balaban J connectivity index is 1.58. The van der Waals surface area contributed by atoms with Crippen molar-refractivity contribution in [1.29, 1.82) is 0 Å². The number of para-hydroxylation sites is 2. The first kappa shape index (κ1) is 25.0. The molecular formula is C24H29ClN6O3S. The fourth-order valence-corrected chi connectivity index (χ4v) is 4.67.